The lowest BCUT2D eigenvalue weighted by Gasteiger charge is -2.09. The molecule has 0 radical (unpaired) electrons. The van der Waals surface area contributed by atoms with E-state index >= 15 is 0 Å². The van der Waals surface area contributed by atoms with Gasteiger partial charge in [-0.1, -0.05) is 18.2 Å². The van der Waals surface area contributed by atoms with Crippen molar-refractivity contribution < 1.29 is 27.5 Å². The van der Waals surface area contributed by atoms with Crippen molar-refractivity contribution in [1.29, 1.82) is 0 Å². The molecule has 1 rings (SSSR count). The maximum absolute atomic E-state index is 12.8. The standard InChI is InChI=1S/C15H18F3N3O3/c1-24-8-4-7-19-13(22)9-14(23)21-20-10-11-5-2-3-6-12(11)15(16,17)18/h2-3,5-6,10H,4,7-9H2,1H3,(H,19,22)(H,21,23)/b20-10-. The highest BCUT2D eigenvalue weighted by Crippen LogP contribution is 2.30. The number of hydrogen-bond acceptors (Lipinski definition) is 4. The molecule has 9 heteroatoms. The molecule has 1 aromatic rings. The lowest BCUT2D eigenvalue weighted by molar-refractivity contribution is -0.137. The predicted octanol–water partition coefficient (Wildman–Crippen LogP) is 1.70. The Bertz CT molecular complexity index is 589. The molecule has 1 aromatic carbocycles. The van der Waals surface area contributed by atoms with Gasteiger partial charge in [0.1, 0.15) is 6.42 Å². The summed E-state index contributed by atoms with van der Waals surface area (Å²) in [4.78, 5) is 22.9. The van der Waals surface area contributed by atoms with E-state index in [1.54, 1.807) is 0 Å². The molecule has 0 unspecified atom stereocenters. The highest BCUT2D eigenvalue weighted by atomic mass is 19.4. The fourth-order valence-corrected chi connectivity index (χ4v) is 1.73. The second-order valence-corrected chi connectivity index (χ2v) is 4.75. The smallest absolute Gasteiger partial charge is 0.385 e. The van der Waals surface area contributed by atoms with E-state index in [2.05, 4.69) is 10.4 Å². The van der Waals surface area contributed by atoms with E-state index < -0.39 is 30.0 Å². The van der Waals surface area contributed by atoms with Crippen molar-refractivity contribution in [3.8, 4) is 0 Å². The second kappa shape index (κ2) is 9.66. The summed E-state index contributed by atoms with van der Waals surface area (Å²) < 4.78 is 43.1. The molecule has 0 aromatic heterocycles. The van der Waals surface area contributed by atoms with Crippen molar-refractivity contribution in [3.05, 3.63) is 35.4 Å². The van der Waals surface area contributed by atoms with Crippen LogP contribution in [0.4, 0.5) is 13.2 Å². The molecule has 0 saturated carbocycles. The average molecular weight is 345 g/mol. The van der Waals surface area contributed by atoms with Gasteiger partial charge < -0.3 is 10.1 Å². The first-order chi connectivity index (χ1) is 11.3. The Morgan fingerprint density at radius 2 is 1.96 bits per heavy atom. The molecule has 0 aliphatic heterocycles. The monoisotopic (exact) mass is 345 g/mol. The fourth-order valence-electron chi connectivity index (χ4n) is 1.73. The van der Waals surface area contributed by atoms with Crippen molar-refractivity contribution in [3.63, 3.8) is 0 Å². The molecule has 0 aliphatic carbocycles. The molecular weight excluding hydrogens is 327 g/mol. The number of hydrazone groups is 1. The quantitative estimate of drug-likeness (QED) is 0.326. The summed E-state index contributed by atoms with van der Waals surface area (Å²) in [5, 5.41) is 5.96. The number of carbonyl (C=O) groups excluding carboxylic acids is 2. The minimum Gasteiger partial charge on any atom is -0.385 e. The van der Waals surface area contributed by atoms with Gasteiger partial charge in [-0.25, -0.2) is 5.43 Å². The van der Waals surface area contributed by atoms with Gasteiger partial charge in [-0.3, -0.25) is 9.59 Å². The zero-order valence-electron chi connectivity index (χ0n) is 13.0. The zero-order valence-corrected chi connectivity index (χ0v) is 13.0. The van der Waals surface area contributed by atoms with Crippen molar-refractivity contribution in [1.82, 2.24) is 10.7 Å². The molecule has 0 heterocycles. The highest BCUT2D eigenvalue weighted by Gasteiger charge is 2.32. The molecule has 0 aliphatic rings. The third-order valence-corrected chi connectivity index (χ3v) is 2.83. The van der Waals surface area contributed by atoms with Crippen molar-refractivity contribution in [2.75, 3.05) is 20.3 Å². The van der Waals surface area contributed by atoms with Crippen LogP contribution in [0.2, 0.25) is 0 Å². The van der Waals surface area contributed by atoms with Gasteiger partial charge in [0.05, 0.1) is 11.8 Å². The number of halogens is 3. The van der Waals surface area contributed by atoms with E-state index in [9.17, 15) is 22.8 Å². The first-order valence-electron chi connectivity index (χ1n) is 7.08. The van der Waals surface area contributed by atoms with Gasteiger partial charge in [-0.15, -0.1) is 0 Å². The predicted molar refractivity (Wildman–Crippen MR) is 81.3 cm³/mol. The van der Waals surface area contributed by atoms with Crippen molar-refractivity contribution in [2.45, 2.75) is 19.0 Å². The van der Waals surface area contributed by atoms with E-state index in [0.29, 0.717) is 19.6 Å². The fraction of sp³-hybridized carbons (Fsp3) is 0.400. The average Bonchev–Trinajstić information content (AvgIpc) is 2.51. The number of ether oxygens (including phenoxy) is 1. The van der Waals surface area contributed by atoms with Crippen LogP contribution in [0.25, 0.3) is 0 Å². The lowest BCUT2D eigenvalue weighted by Crippen LogP contribution is -2.30. The van der Waals surface area contributed by atoms with Gasteiger partial charge >= 0.3 is 6.18 Å². The number of rotatable bonds is 8. The number of benzene rings is 1. The first-order valence-corrected chi connectivity index (χ1v) is 7.08. The molecule has 0 spiro atoms. The van der Waals surface area contributed by atoms with Crippen LogP contribution in [0.1, 0.15) is 24.0 Å². The molecule has 0 bridgehead atoms. The van der Waals surface area contributed by atoms with Gasteiger partial charge in [0.2, 0.25) is 11.8 Å². The second-order valence-electron chi connectivity index (χ2n) is 4.75. The lowest BCUT2D eigenvalue weighted by atomic mass is 10.1. The normalized spacial score (nSPS) is 11.5. The Labute approximate surface area is 137 Å². The van der Waals surface area contributed by atoms with E-state index in [-0.39, 0.29) is 5.56 Å². The Morgan fingerprint density at radius 3 is 2.62 bits per heavy atom. The number of amides is 2. The summed E-state index contributed by atoms with van der Waals surface area (Å²) >= 11 is 0. The van der Waals surface area contributed by atoms with Crippen LogP contribution in [0.15, 0.2) is 29.4 Å². The molecule has 0 fully saturated rings. The van der Waals surface area contributed by atoms with Crippen LogP contribution in [0.3, 0.4) is 0 Å². The largest absolute Gasteiger partial charge is 0.417 e. The molecular formula is C15H18F3N3O3. The third kappa shape index (κ3) is 7.23. The maximum atomic E-state index is 12.8. The summed E-state index contributed by atoms with van der Waals surface area (Å²) in [5.41, 5.74) is 0.972. The first kappa shape index (κ1) is 19.6. The van der Waals surface area contributed by atoms with Crippen LogP contribution < -0.4 is 10.7 Å². The van der Waals surface area contributed by atoms with Crippen LogP contribution >= 0.6 is 0 Å². The van der Waals surface area contributed by atoms with Gasteiger partial charge in [0, 0.05) is 25.8 Å². The summed E-state index contributed by atoms with van der Waals surface area (Å²) in [7, 11) is 1.53. The summed E-state index contributed by atoms with van der Waals surface area (Å²) in [6.45, 7) is 0.845. The van der Waals surface area contributed by atoms with Gasteiger partial charge in [-0.2, -0.15) is 18.3 Å². The molecule has 0 saturated heterocycles. The van der Waals surface area contributed by atoms with Crippen LogP contribution in [-0.2, 0) is 20.5 Å². The van der Waals surface area contributed by atoms with E-state index in [1.165, 1.54) is 25.3 Å². The van der Waals surface area contributed by atoms with Crippen molar-refractivity contribution >= 4 is 18.0 Å². The van der Waals surface area contributed by atoms with Crippen LogP contribution in [0, 0.1) is 0 Å². The van der Waals surface area contributed by atoms with Gasteiger partial charge in [-0.05, 0) is 12.5 Å². The molecule has 2 amide bonds. The topological polar surface area (TPSA) is 79.8 Å². The third-order valence-electron chi connectivity index (χ3n) is 2.83. The molecule has 132 valence electrons. The SMILES string of the molecule is COCCCNC(=O)CC(=O)N/N=C\c1ccccc1C(F)(F)F. The minimum atomic E-state index is -4.52. The van der Waals surface area contributed by atoms with Gasteiger partial charge in [0.15, 0.2) is 0 Å². The number of nitrogens with one attached hydrogen (secondary N) is 2. The maximum Gasteiger partial charge on any atom is 0.417 e. The number of carbonyl (C=O) groups is 2. The molecule has 6 nitrogen and oxygen atoms in total. The summed E-state index contributed by atoms with van der Waals surface area (Å²) in [5.74, 6) is -1.23. The Balaban J connectivity index is 2.47. The van der Waals surface area contributed by atoms with E-state index in [4.69, 9.17) is 4.74 Å². The highest BCUT2D eigenvalue weighted by molar-refractivity contribution is 5.97. The number of nitrogens with zero attached hydrogens (tertiary/aromatic N) is 1. The molecule has 0 atom stereocenters. The van der Waals surface area contributed by atoms with E-state index in [1.807, 2.05) is 5.43 Å². The zero-order chi connectivity index (χ0) is 18.0. The minimum absolute atomic E-state index is 0.186. The molecule has 24 heavy (non-hydrogen) atoms. The van der Waals surface area contributed by atoms with E-state index in [0.717, 1.165) is 12.3 Å². The number of hydrogen-bond donors (Lipinski definition) is 2. The summed E-state index contributed by atoms with van der Waals surface area (Å²) in [6.07, 6.45) is -3.49. The van der Waals surface area contributed by atoms with Gasteiger partial charge in [0.25, 0.3) is 0 Å². The summed E-state index contributed by atoms with van der Waals surface area (Å²) in [6, 6.07) is 4.82. The Morgan fingerprint density at radius 1 is 1.25 bits per heavy atom. The van der Waals surface area contributed by atoms with Crippen LogP contribution in [0.5, 0.6) is 0 Å². The number of alkyl halides is 3. The van der Waals surface area contributed by atoms with Crippen LogP contribution in [-0.4, -0.2) is 38.3 Å². The number of methoxy groups -OCH3 is 1. The Hall–Kier alpha value is -2.42. The van der Waals surface area contributed by atoms with Crippen molar-refractivity contribution in [2.24, 2.45) is 5.10 Å². The molecule has 2 N–H and O–H groups in total. The Kier molecular flexibility index (Phi) is 7.90.